The molecule has 0 aliphatic carbocycles. The van der Waals surface area contributed by atoms with Crippen LogP contribution in [0, 0.1) is 0 Å². The smallest absolute Gasteiger partial charge is 0.264 e. The average molecular weight is 387 g/mol. The first-order valence-corrected chi connectivity index (χ1v) is 10.8. The minimum Gasteiger partial charge on any atom is -0.341 e. The van der Waals surface area contributed by atoms with Gasteiger partial charge < -0.3 is 4.90 Å². The molecule has 1 fully saturated rings. The van der Waals surface area contributed by atoms with Crippen molar-refractivity contribution in [1.82, 2.24) is 4.90 Å². The van der Waals surface area contributed by atoms with Crippen molar-refractivity contribution in [2.45, 2.75) is 37.5 Å². The van der Waals surface area contributed by atoms with Gasteiger partial charge in [0.15, 0.2) is 0 Å². The maximum Gasteiger partial charge on any atom is 0.264 e. The molecule has 1 aliphatic heterocycles. The fourth-order valence-corrected chi connectivity index (χ4v) is 4.68. The number of nitrogens with zero attached hydrogens (tertiary/aromatic N) is 2. The Labute approximate surface area is 161 Å². The van der Waals surface area contributed by atoms with E-state index in [0.717, 1.165) is 18.4 Å². The number of likely N-dealkylation sites (tertiary alicyclic amines) is 1. The SMILES string of the molecule is CC(C)c1ccc(N(CC(=O)N2CCCC2)S(=O)(=O)c2ccccc2)cc1. The fraction of sp³-hybridized carbons (Fsp3) is 0.381. The van der Waals surface area contributed by atoms with E-state index in [1.54, 1.807) is 47.4 Å². The minimum atomic E-state index is -3.83. The van der Waals surface area contributed by atoms with E-state index < -0.39 is 10.0 Å². The summed E-state index contributed by atoms with van der Waals surface area (Å²) in [4.78, 5) is 14.6. The molecule has 144 valence electrons. The monoisotopic (exact) mass is 386 g/mol. The van der Waals surface area contributed by atoms with Crippen LogP contribution in [0.15, 0.2) is 59.5 Å². The van der Waals surface area contributed by atoms with E-state index in [1.165, 1.54) is 4.31 Å². The van der Waals surface area contributed by atoms with Crippen LogP contribution in [0.5, 0.6) is 0 Å². The van der Waals surface area contributed by atoms with Crippen molar-refractivity contribution < 1.29 is 13.2 Å². The maximum absolute atomic E-state index is 13.3. The Morgan fingerprint density at radius 1 is 1.00 bits per heavy atom. The third-order valence-corrected chi connectivity index (χ3v) is 6.70. The first-order valence-electron chi connectivity index (χ1n) is 9.35. The van der Waals surface area contributed by atoms with Crippen molar-refractivity contribution >= 4 is 21.6 Å². The lowest BCUT2D eigenvalue weighted by molar-refractivity contribution is -0.128. The second-order valence-corrected chi connectivity index (χ2v) is 9.02. The van der Waals surface area contributed by atoms with E-state index in [9.17, 15) is 13.2 Å². The highest BCUT2D eigenvalue weighted by Gasteiger charge is 2.29. The number of amides is 1. The van der Waals surface area contributed by atoms with Crippen LogP contribution < -0.4 is 4.31 Å². The van der Waals surface area contributed by atoms with E-state index in [0.29, 0.717) is 24.7 Å². The highest BCUT2D eigenvalue weighted by atomic mass is 32.2. The molecule has 2 aromatic carbocycles. The molecule has 0 atom stereocenters. The van der Waals surface area contributed by atoms with Crippen LogP contribution in [0.1, 0.15) is 38.2 Å². The second-order valence-electron chi connectivity index (χ2n) is 7.16. The highest BCUT2D eigenvalue weighted by molar-refractivity contribution is 7.92. The van der Waals surface area contributed by atoms with Gasteiger partial charge in [0.1, 0.15) is 6.54 Å². The molecule has 3 rings (SSSR count). The molecular weight excluding hydrogens is 360 g/mol. The van der Waals surface area contributed by atoms with Crippen molar-refractivity contribution in [3.05, 3.63) is 60.2 Å². The quantitative estimate of drug-likeness (QED) is 0.762. The lowest BCUT2D eigenvalue weighted by atomic mass is 10.0. The Morgan fingerprint density at radius 2 is 1.59 bits per heavy atom. The van der Waals surface area contributed by atoms with Crippen LogP contribution in [0.25, 0.3) is 0 Å². The van der Waals surface area contributed by atoms with E-state index in [1.807, 2.05) is 12.1 Å². The van der Waals surface area contributed by atoms with Crippen LogP contribution in [0.3, 0.4) is 0 Å². The number of rotatable bonds is 6. The lowest BCUT2D eigenvalue weighted by Gasteiger charge is -2.26. The Balaban J connectivity index is 1.96. The predicted molar refractivity (Wildman–Crippen MR) is 107 cm³/mol. The molecule has 0 bridgehead atoms. The molecule has 0 N–H and O–H groups in total. The van der Waals surface area contributed by atoms with E-state index in [-0.39, 0.29) is 17.3 Å². The molecule has 0 spiro atoms. The number of anilines is 1. The van der Waals surface area contributed by atoms with Crippen molar-refractivity contribution in [3.8, 4) is 0 Å². The maximum atomic E-state index is 13.3. The number of carbonyl (C=O) groups is 1. The Morgan fingerprint density at radius 3 is 2.15 bits per heavy atom. The van der Waals surface area contributed by atoms with Crippen molar-refractivity contribution in [2.75, 3.05) is 23.9 Å². The summed E-state index contributed by atoms with van der Waals surface area (Å²) in [5.74, 6) is 0.199. The Bertz CT molecular complexity index is 871. The number of hydrogen-bond acceptors (Lipinski definition) is 3. The second kappa shape index (κ2) is 8.13. The van der Waals surface area contributed by atoms with Crippen molar-refractivity contribution in [2.24, 2.45) is 0 Å². The molecule has 27 heavy (non-hydrogen) atoms. The van der Waals surface area contributed by atoms with E-state index in [4.69, 9.17) is 0 Å². The number of carbonyl (C=O) groups excluding carboxylic acids is 1. The number of benzene rings is 2. The van der Waals surface area contributed by atoms with Gasteiger partial charge in [-0.25, -0.2) is 8.42 Å². The van der Waals surface area contributed by atoms with Gasteiger partial charge in [-0.3, -0.25) is 9.10 Å². The van der Waals surface area contributed by atoms with Gasteiger partial charge in [-0.2, -0.15) is 0 Å². The molecule has 5 nitrogen and oxygen atoms in total. The van der Waals surface area contributed by atoms with E-state index >= 15 is 0 Å². The summed E-state index contributed by atoms with van der Waals surface area (Å²) in [5.41, 5.74) is 1.64. The first-order chi connectivity index (χ1) is 12.9. The molecule has 0 saturated carbocycles. The van der Waals surface area contributed by atoms with Gasteiger partial charge in [-0.1, -0.05) is 44.2 Å². The summed E-state index contributed by atoms with van der Waals surface area (Å²) in [5, 5.41) is 0. The standard InChI is InChI=1S/C21H26N2O3S/c1-17(2)18-10-12-19(13-11-18)23(16-21(24)22-14-6-7-15-22)27(25,26)20-8-4-3-5-9-20/h3-5,8-13,17H,6-7,14-16H2,1-2H3. The van der Waals surface area contributed by atoms with Crippen LogP contribution in [-0.4, -0.2) is 38.9 Å². The normalized spacial score (nSPS) is 14.6. The predicted octanol–water partition coefficient (Wildman–Crippen LogP) is 3.63. The van der Waals surface area contributed by atoms with Crippen molar-refractivity contribution in [3.63, 3.8) is 0 Å². The van der Waals surface area contributed by atoms with Gasteiger partial charge in [-0.15, -0.1) is 0 Å². The molecule has 0 aromatic heterocycles. The molecule has 1 amide bonds. The van der Waals surface area contributed by atoms with Crippen LogP contribution >= 0.6 is 0 Å². The first kappa shape index (κ1) is 19.4. The Kier molecular flexibility index (Phi) is 5.85. The van der Waals surface area contributed by atoms with Crippen LogP contribution in [-0.2, 0) is 14.8 Å². The van der Waals surface area contributed by atoms with Crippen LogP contribution in [0.2, 0.25) is 0 Å². The van der Waals surface area contributed by atoms with Gasteiger partial charge in [0, 0.05) is 13.1 Å². The summed E-state index contributed by atoms with van der Waals surface area (Å²) >= 11 is 0. The molecule has 0 radical (unpaired) electrons. The molecule has 6 heteroatoms. The summed E-state index contributed by atoms with van der Waals surface area (Å²) in [7, 11) is -3.83. The van der Waals surface area contributed by atoms with Gasteiger partial charge in [0.25, 0.3) is 10.0 Å². The third kappa shape index (κ3) is 4.33. The number of sulfonamides is 1. The Hall–Kier alpha value is -2.34. The molecule has 1 saturated heterocycles. The molecule has 1 aliphatic rings. The zero-order chi connectivity index (χ0) is 19.4. The summed E-state index contributed by atoms with van der Waals surface area (Å²) in [6.45, 7) is 5.39. The fourth-order valence-electron chi connectivity index (χ4n) is 3.25. The van der Waals surface area contributed by atoms with Crippen LogP contribution in [0.4, 0.5) is 5.69 Å². The summed E-state index contributed by atoms with van der Waals surface area (Å²) in [6.07, 6.45) is 1.94. The topological polar surface area (TPSA) is 57.7 Å². The van der Waals surface area contributed by atoms with E-state index in [2.05, 4.69) is 13.8 Å². The molecule has 1 heterocycles. The van der Waals surface area contributed by atoms with Gasteiger partial charge in [-0.05, 0) is 48.6 Å². The minimum absolute atomic E-state index is 0.153. The third-order valence-electron chi connectivity index (χ3n) is 4.92. The van der Waals surface area contributed by atoms with Gasteiger partial charge >= 0.3 is 0 Å². The van der Waals surface area contributed by atoms with Gasteiger partial charge in [0.2, 0.25) is 5.91 Å². The molecular formula is C21H26N2O3S. The largest absolute Gasteiger partial charge is 0.341 e. The number of hydrogen-bond donors (Lipinski definition) is 0. The lowest BCUT2D eigenvalue weighted by Crippen LogP contribution is -2.42. The molecule has 2 aromatic rings. The average Bonchev–Trinajstić information content (AvgIpc) is 3.21. The highest BCUT2D eigenvalue weighted by Crippen LogP contribution is 2.26. The zero-order valence-electron chi connectivity index (χ0n) is 15.8. The van der Waals surface area contributed by atoms with Gasteiger partial charge in [0.05, 0.1) is 10.6 Å². The zero-order valence-corrected chi connectivity index (χ0v) is 16.7. The van der Waals surface area contributed by atoms with Crippen molar-refractivity contribution in [1.29, 1.82) is 0 Å². The molecule has 0 unspecified atom stereocenters. The summed E-state index contributed by atoms with van der Waals surface area (Å²) < 4.78 is 27.7. The summed E-state index contributed by atoms with van der Waals surface area (Å²) in [6, 6.07) is 15.7.